The number of nitrogens with zero attached hydrogens (tertiary/aromatic N) is 1. The highest BCUT2D eigenvalue weighted by Gasteiger charge is 2.18. The number of hydrogen-bond acceptors (Lipinski definition) is 4. The molecule has 4 heteroatoms. The summed E-state index contributed by atoms with van der Waals surface area (Å²) in [6, 6.07) is 0. The first-order chi connectivity index (χ1) is 5.77. The maximum atomic E-state index is 10.4. The standard InChI is InChI=1S/C8H13N3O/c1-2-3-7-10-4-6(5-12)8(9)11-7/h3-6,8,11H,2,9H2,1H3/b7-3-. The SMILES string of the molecule is CC/C=C1/N=CC(C=O)C(N)N1. The fourth-order valence-corrected chi connectivity index (χ4v) is 0.988. The quantitative estimate of drug-likeness (QED) is 0.569. The second kappa shape index (κ2) is 4.01. The minimum absolute atomic E-state index is 0.306. The van der Waals surface area contributed by atoms with E-state index in [1.54, 1.807) is 6.21 Å². The molecule has 0 amide bonds. The number of hydrogen-bond donors (Lipinski definition) is 2. The summed E-state index contributed by atoms with van der Waals surface area (Å²) in [5, 5.41) is 2.93. The molecule has 66 valence electrons. The van der Waals surface area contributed by atoms with Crippen molar-refractivity contribution in [1.82, 2.24) is 5.32 Å². The maximum Gasteiger partial charge on any atom is 0.131 e. The smallest absolute Gasteiger partial charge is 0.131 e. The molecule has 12 heavy (non-hydrogen) atoms. The van der Waals surface area contributed by atoms with Gasteiger partial charge in [-0.15, -0.1) is 0 Å². The second-order valence-corrected chi connectivity index (χ2v) is 2.66. The lowest BCUT2D eigenvalue weighted by Crippen LogP contribution is -2.46. The number of aliphatic imine (C=N–C) groups is 1. The number of nitrogens with two attached hydrogens (primary N) is 1. The van der Waals surface area contributed by atoms with E-state index in [4.69, 9.17) is 5.73 Å². The molecule has 0 spiro atoms. The molecule has 1 aliphatic rings. The van der Waals surface area contributed by atoms with Gasteiger partial charge in [0.05, 0.1) is 12.1 Å². The van der Waals surface area contributed by atoms with E-state index in [0.717, 1.165) is 18.5 Å². The summed E-state index contributed by atoms with van der Waals surface area (Å²) in [6.07, 6.45) is 4.87. The molecule has 2 unspecified atom stereocenters. The normalized spacial score (nSPS) is 31.7. The van der Waals surface area contributed by atoms with Crippen LogP contribution in [0.5, 0.6) is 0 Å². The minimum atomic E-state index is -0.335. The van der Waals surface area contributed by atoms with Crippen LogP contribution in [0.3, 0.4) is 0 Å². The number of carbonyl (C=O) groups is 1. The van der Waals surface area contributed by atoms with Crippen molar-refractivity contribution in [1.29, 1.82) is 0 Å². The Morgan fingerprint density at radius 3 is 3.08 bits per heavy atom. The van der Waals surface area contributed by atoms with Gasteiger partial charge in [-0.05, 0) is 12.5 Å². The van der Waals surface area contributed by atoms with Crippen LogP contribution in [0.25, 0.3) is 0 Å². The van der Waals surface area contributed by atoms with Crippen LogP contribution >= 0.6 is 0 Å². The van der Waals surface area contributed by atoms with Crippen molar-refractivity contribution in [3.8, 4) is 0 Å². The molecule has 0 bridgehead atoms. The van der Waals surface area contributed by atoms with Crippen LogP contribution < -0.4 is 11.1 Å². The Balaban J connectivity index is 2.69. The minimum Gasteiger partial charge on any atom is -0.354 e. The van der Waals surface area contributed by atoms with Crippen LogP contribution in [-0.4, -0.2) is 18.7 Å². The predicted octanol–water partition coefficient (Wildman–Crippen LogP) is 0.0117. The summed E-state index contributed by atoms with van der Waals surface area (Å²) in [6.45, 7) is 2.02. The van der Waals surface area contributed by atoms with E-state index in [0.29, 0.717) is 0 Å². The molecule has 0 aliphatic carbocycles. The molecular formula is C8H13N3O. The summed E-state index contributed by atoms with van der Waals surface area (Å²) in [7, 11) is 0. The lowest BCUT2D eigenvalue weighted by molar-refractivity contribution is -0.109. The van der Waals surface area contributed by atoms with Gasteiger partial charge in [0.1, 0.15) is 12.1 Å². The van der Waals surface area contributed by atoms with Crippen molar-refractivity contribution in [2.45, 2.75) is 19.5 Å². The Morgan fingerprint density at radius 2 is 2.58 bits per heavy atom. The van der Waals surface area contributed by atoms with Gasteiger partial charge in [0.2, 0.25) is 0 Å². The summed E-state index contributed by atoms with van der Waals surface area (Å²) >= 11 is 0. The predicted molar refractivity (Wildman–Crippen MR) is 47.5 cm³/mol. The van der Waals surface area contributed by atoms with Crippen LogP contribution in [0, 0.1) is 5.92 Å². The number of carbonyl (C=O) groups excluding carboxylic acids is 1. The summed E-state index contributed by atoms with van der Waals surface area (Å²) in [5.41, 5.74) is 5.64. The van der Waals surface area contributed by atoms with Gasteiger partial charge < -0.3 is 15.8 Å². The monoisotopic (exact) mass is 167 g/mol. The third-order valence-corrected chi connectivity index (χ3v) is 1.67. The highest BCUT2D eigenvalue weighted by molar-refractivity contribution is 5.83. The number of nitrogens with one attached hydrogen (secondary N) is 1. The van der Waals surface area contributed by atoms with Crippen molar-refractivity contribution in [2.75, 3.05) is 0 Å². The lowest BCUT2D eigenvalue weighted by atomic mass is 10.1. The second-order valence-electron chi connectivity index (χ2n) is 2.66. The summed E-state index contributed by atoms with van der Waals surface area (Å²) < 4.78 is 0. The van der Waals surface area contributed by atoms with Gasteiger partial charge in [-0.25, -0.2) is 4.99 Å². The molecule has 0 saturated heterocycles. The molecule has 0 radical (unpaired) electrons. The average Bonchev–Trinajstić information content (AvgIpc) is 2.05. The van der Waals surface area contributed by atoms with Gasteiger partial charge in [0, 0.05) is 6.21 Å². The van der Waals surface area contributed by atoms with Crippen molar-refractivity contribution in [2.24, 2.45) is 16.6 Å². The molecule has 1 aliphatic heterocycles. The first kappa shape index (κ1) is 8.93. The van der Waals surface area contributed by atoms with Gasteiger partial charge in [-0.1, -0.05) is 6.92 Å². The van der Waals surface area contributed by atoms with E-state index in [1.165, 1.54) is 0 Å². The van der Waals surface area contributed by atoms with Crippen LogP contribution in [0.1, 0.15) is 13.3 Å². The van der Waals surface area contributed by atoms with E-state index in [-0.39, 0.29) is 12.1 Å². The number of aldehydes is 1. The molecule has 1 rings (SSSR count). The van der Waals surface area contributed by atoms with E-state index >= 15 is 0 Å². The molecule has 3 N–H and O–H groups in total. The van der Waals surface area contributed by atoms with E-state index in [2.05, 4.69) is 10.3 Å². The average molecular weight is 167 g/mol. The van der Waals surface area contributed by atoms with Crippen molar-refractivity contribution >= 4 is 12.5 Å². The zero-order valence-electron chi connectivity index (χ0n) is 7.03. The van der Waals surface area contributed by atoms with Gasteiger partial charge >= 0.3 is 0 Å². The third-order valence-electron chi connectivity index (χ3n) is 1.67. The largest absolute Gasteiger partial charge is 0.354 e. The van der Waals surface area contributed by atoms with Gasteiger partial charge in [0.15, 0.2) is 0 Å². The van der Waals surface area contributed by atoms with Crippen LogP contribution in [0.15, 0.2) is 16.9 Å². The summed E-state index contributed by atoms with van der Waals surface area (Å²) in [5.74, 6) is 0.446. The molecule has 0 aromatic heterocycles. The first-order valence-electron chi connectivity index (χ1n) is 3.99. The van der Waals surface area contributed by atoms with E-state index in [1.807, 2.05) is 13.0 Å². The Labute approximate surface area is 71.5 Å². The highest BCUT2D eigenvalue weighted by atomic mass is 16.1. The topological polar surface area (TPSA) is 67.5 Å². The first-order valence-corrected chi connectivity index (χ1v) is 3.99. The maximum absolute atomic E-state index is 10.4. The summed E-state index contributed by atoms with van der Waals surface area (Å²) in [4.78, 5) is 14.4. The Hall–Kier alpha value is -1.16. The molecule has 2 atom stereocenters. The number of allylic oxidation sites excluding steroid dienone is 1. The van der Waals surface area contributed by atoms with Gasteiger partial charge in [-0.3, -0.25) is 0 Å². The third kappa shape index (κ3) is 1.92. The fraction of sp³-hybridized carbons (Fsp3) is 0.500. The van der Waals surface area contributed by atoms with Crippen LogP contribution in [-0.2, 0) is 4.79 Å². The zero-order chi connectivity index (χ0) is 8.97. The van der Waals surface area contributed by atoms with Crippen molar-refractivity contribution in [3.05, 3.63) is 11.9 Å². The zero-order valence-corrected chi connectivity index (χ0v) is 7.03. The highest BCUT2D eigenvalue weighted by Crippen LogP contribution is 2.05. The van der Waals surface area contributed by atoms with Crippen LogP contribution in [0.4, 0.5) is 0 Å². The molecule has 0 aromatic rings. The number of rotatable bonds is 2. The Morgan fingerprint density at radius 1 is 1.83 bits per heavy atom. The van der Waals surface area contributed by atoms with Crippen molar-refractivity contribution < 1.29 is 4.79 Å². The lowest BCUT2D eigenvalue weighted by Gasteiger charge is -2.22. The molecule has 0 aromatic carbocycles. The molecule has 0 saturated carbocycles. The van der Waals surface area contributed by atoms with Crippen molar-refractivity contribution in [3.63, 3.8) is 0 Å². The molecule has 1 heterocycles. The Bertz CT molecular complexity index is 222. The van der Waals surface area contributed by atoms with Gasteiger partial charge in [-0.2, -0.15) is 0 Å². The van der Waals surface area contributed by atoms with Crippen LogP contribution in [0.2, 0.25) is 0 Å². The fourth-order valence-electron chi connectivity index (χ4n) is 0.988. The Kier molecular flexibility index (Phi) is 2.99. The molecular weight excluding hydrogens is 154 g/mol. The van der Waals surface area contributed by atoms with Gasteiger partial charge in [0.25, 0.3) is 0 Å². The van der Waals surface area contributed by atoms with E-state index < -0.39 is 0 Å². The van der Waals surface area contributed by atoms with E-state index in [9.17, 15) is 4.79 Å². The molecule has 0 fully saturated rings. The molecule has 4 nitrogen and oxygen atoms in total.